The zero-order chi connectivity index (χ0) is 9.84. The molecule has 2 N–H and O–H groups in total. The highest BCUT2D eigenvalue weighted by Crippen LogP contribution is 2.21. The second-order valence-corrected chi connectivity index (χ2v) is 3.93. The Morgan fingerprint density at radius 2 is 2.00 bits per heavy atom. The molecule has 0 spiro atoms. The Labute approximate surface area is 81.9 Å². The number of rotatable bonds is 0. The topological polar surface area (TPSA) is 32.5 Å². The minimum absolute atomic E-state index is 0.461. The summed E-state index contributed by atoms with van der Waals surface area (Å²) >= 11 is 0. The Morgan fingerprint density at radius 1 is 1.31 bits per heavy atom. The summed E-state index contributed by atoms with van der Waals surface area (Å²) in [6.07, 6.45) is 2.38. The lowest BCUT2D eigenvalue weighted by molar-refractivity contribution is 0.177. The molecule has 2 heterocycles. The van der Waals surface area contributed by atoms with Crippen molar-refractivity contribution in [1.82, 2.24) is 9.80 Å². The summed E-state index contributed by atoms with van der Waals surface area (Å²) in [7, 11) is 2.18. The molecule has 0 bridgehead atoms. The second-order valence-electron chi connectivity index (χ2n) is 3.93. The first-order valence-electron chi connectivity index (χ1n) is 5.44. The van der Waals surface area contributed by atoms with Crippen molar-refractivity contribution in [1.29, 1.82) is 0 Å². The fourth-order valence-electron chi connectivity index (χ4n) is 2.23. The quantitative estimate of drug-likeness (QED) is 0.603. The Bertz CT molecular complexity index is 149. The number of piperidine rings is 1. The van der Waals surface area contributed by atoms with Gasteiger partial charge < -0.3 is 5.73 Å². The van der Waals surface area contributed by atoms with Crippen molar-refractivity contribution in [3.8, 4) is 0 Å². The maximum Gasteiger partial charge on any atom is 0.0507 e. The molecular weight excluding hydrogens is 162 g/mol. The zero-order valence-electron chi connectivity index (χ0n) is 9.16. The van der Waals surface area contributed by atoms with Gasteiger partial charge in [0.05, 0.1) is 6.67 Å². The SMILES string of the molecule is CC.CN1CC2CC(N)CCN2C1. The highest BCUT2D eigenvalue weighted by molar-refractivity contribution is 4.88. The van der Waals surface area contributed by atoms with Gasteiger partial charge in [-0.05, 0) is 19.9 Å². The molecule has 0 aromatic rings. The third-order valence-electron chi connectivity index (χ3n) is 2.82. The minimum atomic E-state index is 0.461. The van der Waals surface area contributed by atoms with Crippen LogP contribution in [0.1, 0.15) is 26.7 Å². The van der Waals surface area contributed by atoms with Crippen LogP contribution in [0.2, 0.25) is 0 Å². The molecule has 2 fully saturated rings. The molecule has 2 aliphatic heterocycles. The van der Waals surface area contributed by atoms with E-state index in [0.29, 0.717) is 6.04 Å². The van der Waals surface area contributed by atoms with Gasteiger partial charge in [-0.15, -0.1) is 0 Å². The third kappa shape index (κ3) is 2.66. The van der Waals surface area contributed by atoms with Gasteiger partial charge in [0.15, 0.2) is 0 Å². The van der Waals surface area contributed by atoms with E-state index in [-0.39, 0.29) is 0 Å². The Morgan fingerprint density at radius 3 is 2.69 bits per heavy atom. The third-order valence-corrected chi connectivity index (χ3v) is 2.82. The lowest BCUT2D eigenvalue weighted by atomic mass is 10.00. The highest BCUT2D eigenvalue weighted by atomic mass is 15.4. The molecule has 3 heteroatoms. The number of hydrogen-bond donors (Lipinski definition) is 1. The van der Waals surface area contributed by atoms with Crippen LogP contribution >= 0.6 is 0 Å². The molecule has 2 rings (SSSR count). The van der Waals surface area contributed by atoms with Crippen LogP contribution in [0.5, 0.6) is 0 Å². The number of nitrogens with zero attached hydrogens (tertiary/aromatic N) is 2. The number of likely N-dealkylation sites (N-methyl/N-ethyl adjacent to an activating group) is 1. The summed E-state index contributed by atoms with van der Waals surface area (Å²) in [6.45, 7) is 7.57. The molecule has 13 heavy (non-hydrogen) atoms. The molecule has 78 valence electrons. The standard InChI is InChI=1S/C8H17N3.C2H6/c1-10-5-8-4-7(9)2-3-11(8)6-10;1-2/h7-8H,2-6,9H2,1H3;1-2H3. The van der Waals surface area contributed by atoms with E-state index in [1.54, 1.807) is 0 Å². The molecule has 0 amide bonds. The molecule has 0 radical (unpaired) electrons. The fourth-order valence-corrected chi connectivity index (χ4v) is 2.23. The van der Waals surface area contributed by atoms with Crippen molar-refractivity contribution >= 4 is 0 Å². The lowest BCUT2D eigenvalue weighted by Crippen LogP contribution is -2.44. The Balaban J connectivity index is 0.000000396. The van der Waals surface area contributed by atoms with Gasteiger partial charge in [0.2, 0.25) is 0 Å². The van der Waals surface area contributed by atoms with Crippen molar-refractivity contribution in [3.63, 3.8) is 0 Å². The van der Waals surface area contributed by atoms with Crippen LogP contribution in [-0.4, -0.2) is 48.7 Å². The van der Waals surface area contributed by atoms with Gasteiger partial charge in [-0.3, -0.25) is 9.80 Å². The normalized spacial score (nSPS) is 35.1. The molecule has 0 aromatic carbocycles. The van der Waals surface area contributed by atoms with Crippen LogP contribution in [0, 0.1) is 0 Å². The lowest BCUT2D eigenvalue weighted by Gasteiger charge is -2.31. The van der Waals surface area contributed by atoms with E-state index in [1.807, 2.05) is 13.8 Å². The molecule has 2 atom stereocenters. The summed E-state index contributed by atoms with van der Waals surface area (Å²) in [6, 6.07) is 1.21. The fraction of sp³-hybridized carbons (Fsp3) is 1.00. The Hall–Kier alpha value is -0.120. The van der Waals surface area contributed by atoms with Gasteiger partial charge >= 0.3 is 0 Å². The van der Waals surface area contributed by atoms with Gasteiger partial charge in [-0.2, -0.15) is 0 Å². The first-order valence-corrected chi connectivity index (χ1v) is 5.44. The summed E-state index contributed by atoms with van der Waals surface area (Å²) in [4.78, 5) is 4.92. The highest BCUT2D eigenvalue weighted by Gasteiger charge is 2.32. The number of fused-ring (bicyclic) bond motifs is 1. The predicted molar refractivity (Wildman–Crippen MR) is 56.5 cm³/mol. The average Bonchev–Trinajstić information content (AvgIpc) is 2.48. The van der Waals surface area contributed by atoms with E-state index in [1.165, 1.54) is 25.9 Å². The zero-order valence-corrected chi connectivity index (χ0v) is 9.16. The molecule has 0 aromatic heterocycles. The van der Waals surface area contributed by atoms with Gasteiger partial charge in [-0.1, -0.05) is 13.8 Å². The van der Waals surface area contributed by atoms with E-state index in [0.717, 1.165) is 12.7 Å². The first kappa shape index (κ1) is 11.0. The largest absolute Gasteiger partial charge is 0.328 e. The molecule has 2 unspecified atom stereocenters. The van der Waals surface area contributed by atoms with Crippen LogP contribution in [0.15, 0.2) is 0 Å². The van der Waals surface area contributed by atoms with Crippen LogP contribution in [0.25, 0.3) is 0 Å². The summed E-state index contributed by atoms with van der Waals surface area (Å²) < 4.78 is 0. The van der Waals surface area contributed by atoms with Crippen LogP contribution in [-0.2, 0) is 0 Å². The molecule has 3 nitrogen and oxygen atoms in total. The number of hydrogen-bond acceptors (Lipinski definition) is 3. The molecule has 2 saturated heterocycles. The molecular formula is C10H23N3. The maximum atomic E-state index is 5.89. The smallest absolute Gasteiger partial charge is 0.0507 e. The first-order chi connectivity index (χ1) is 6.25. The monoisotopic (exact) mass is 185 g/mol. The predicted octanol–water partition coefficient (Wildman–Crippen LogP) is 0.707. The second kappa shape index (κ2) is 4.94. The van der Waals surface area contributed by atoms with E-state index < -0.39 is 0 Å². The van der Waals surface area contributed by atoms with E-state index in [9.17, 15) is 0 Å². The minimum Gasteiger partial charge on any atom is -0.328 e. The maximum absolute atomic E-state index is 5.89. The van der Waals surface area contributed by atoms with Crippen molar-refractivity contribution < 1.29 is 0 Å². The van der Waals surface area contributed by atoms with Crippen molar-refractivity contribution in [2.24, 2.45) is 5.73 Å². The van der Waals surface area contributed by atoms with Crippen molar-refractivity contribution in [2.45, 2.75) is 38.8 Å². The summed E-state index contributed by atoms with van der Waals surface area (Å²) in [5.74, 6) is 0. The van der Waals surface area contributed by atoms with Gasteiger partial charge in [-0.25, -0.2) is 0 Å². The van der Waals surface area contributed by atoms with Gasteiger partial charge in [0, 0.05) is 25.2 Å². The van der Waals surface area contributed by atoms with E-state index >= 15 is 0 Å². The summed E-state index contributed by atoms with van der Waals surface area (Å²) in [5, 5.41) is 0. The average molecular weight is 185 g/mol. The van der Waals surface area contributed by atoms with Gasteiger partial charge in [0.1, 0.15) is 0 Å². The number of nitrogens with two attached hydrogens (primary N) is 1. The molecule has 0 aliphatic carbocycles. The van der Waals surface area contributed by atoms with Crippen molar-refractivity contribution in [3.05, 3.63) is 0 Å². The molecule has 2 aliphatic rings. The van der Waals surface area contributed by atoms with E-state index in [2.05, 4.69) is 16.8 Å². The molecule has 0 saturated carbocycles. The van der Waals surface area contributed by atoms with Crippen LogP contribution < -0.4 is 5.73 Å². The van der Waals surface area contributed by atoms with Crippen LogP contribution in [0.3, 0.4) is 0 Å². The summed E-state index contributed by atoms with van der Waals surface area (Å²) in [5.41, 5.74) is 5.89. The van der Waals surface area contributed by atoms with E-state index in [4.69, 9.17) is 5.73 Å². The van der Waals surface area contributed by atoms with Gasteiger partial charge in [0.25, 0.3) is 0 Å². The Kier molecular flexibility index (Phi) is 4.16. The van der Waals surface area contributed by atoms with Crippen molar-refractivity contribution in [2.75, 3.05) is 26.8 Å². The van der Waals surface area contributed by atoms with Crippen LogP contribution in [0.4, 0.5) is 0 Å².